The molecule has 2 unspecified atom stereocenters. The lowest BCUT2D eigenvalue weighted by Gasteiger charge is -2.34. The fourth-order valence-corrected chi connectivity index (χ4v) is 3.65. The van der Waals surface area contributed by atoms with Crippen LogP contribution >= 0.6 is 0 Å². The number of anilines is 1. The predicted molar refractivity (Wildman–Crippen MR) is 94.7 cm³/mol. The van der Waals surface area contributed by atoms with E-state index in [1.807, 2.05) is 0 Å². The van der Waals surface area contributed by atoms with E-state index in [4.69, 9.17) is 4.74 Å². The molecule has 138 valence electrons. The van der Waals surface area contributed by atoms with E-state index in [-0.39, 0.29) is 23.8 Å². The molecule has 0 spiro atoms. The molecule has 25 heavy (non-hydrogen) atoms. The molecule has 0 saturated carbocycles. The first kappa shape index (κ1) is 19.2. The van der Waals surface area contributed by atoms with Gasteiger partial charge in [-0.05, 0) is 36.5 Å². The predicted octanol–water partition coefficient (Wildman–Crippen LogP) is 1.72. The van der Waals surface area contributed by atoms with Crippen molar-refractivity contribution < 1.29 is 22.7 Å². The van der Waals surface area contributed by atoms with Crippen LogP contribution in [0.5, 0.6) is 0 Å². The molecule has 1 fully saturated rings. The molecule has 7 nitrogen and oxygen atoms in total. The Morgan fingerprint density at radius 3 is 2.48 bits per heavy atom. The number of carbonyl (C=O) groups is 2. The molecule has 0 bridgehead atoms. The molecule has 1 aliphatic heterocycles. The molecule has 0 aliphatic carbocycles. The van der Waals surface area contributed by atoms with Crippen LogP contribution in [0.25, 0.3) is 0 Å². The minimum atomic E-state index is -3.43. The summed E-state index contributed by atoms with van der Waals surface area (Å²) >= 11 is 0. The van der Waals surface area contributed by atoms with E-state index in [0.29, 0.717) is 24.9 Å². The summed E-state index contributed by atoms with van der Waals surface area (Å²) in [6, 6.07) is 5.95. The molecule has 1 aromatic rings. The molecule has 2 rings (SSSR count). The summed E-state index contributed by atoms with van der Waals surface area (Å²) in [5.74, 6) is -0.00919. The first-order chi connectivity index (χ1) is 11.6. The Morgan fingerprint density at radius 2 is 1.88 bits per heavy atom. The maximum atomic E-state index is 12.2. The summed E-state index contributed by atoms with van der Waals surface area (Å²) in [7, 11) is -3.43. The lowest BCUT2D eigenvalue weighted by atomic mass is 9.92. The Bertz CT molecular complexity index is 737. The largest absolute Gasteiger partial charge is 0.452 e. The number of hydrogen-bond donors (Lipinski definition) is 1. The number of carbonyl (C=O) groups excluding carboxylic acids is 2. The van der Waals surface area contributed by atoms with E-state index in [2.05, 4.69) is 18.6 Å². The Hall–Kier alpha value is -2.09. The van der Waals surface area contributed by atoms with Gasteiger partial charge in [-0.1, -0.05) is 19.9 Å². The quantitative estimate of drug-likeness (QED) is 0.799. The van der Waals surface area contributed by atoms with Gasteiger partial charge >= 0.3 is 5.97 Å². The molecule has 1 saturated heterocycles. The monoisotopic (exact) mass is 368 g/mol. The SMILES string of the molecule is CC1CC(C)CN(C(=O)COC(=O)c2cccc(NS(C)(=O)=O)c2)C1. The van der Waals surface area contributed by atoms with Crippen LogP contribution in [0, 0.1) is 11.8 Å². The van der Waals surface area contributed by atoms with Crippen LogP contribution in [0.2, 0.25) is 0 Å². The Labute approximate surface area is 148 Å². The van der Waals surface area contributed by atoms with Crippen LogP contribution in [-0.2, 0) is 19.6 Å². The summed E-state index contributed by atoms with van der Waals surface area (Å²) < 4.78 is 29.9. The van der Waals surface area contributed by atoms with Gasteiger partial charge in [0.1, 0.15) is 0 Å². The highest BCUT2D eigenvalue weighted by molar-refractivity contribution is 7.92. The van der Waals surface area contributed by atoms with Gasteiger partial charge in [-0.3, -0.25) is 9.52 Å². The van der Waals surface area contributed by atoms with E-state index < -0.39 is 16.0 Å². The molecule has 2 atom stereocenters. The van der Waals surface area contributed by atoms with Gasteiger partial charge in [0.25, 0.3) is 5.91 Å². The number of esters is 1. The number of likely N-dealkylation sites (tertiary alicyclic amines) is 1. The number of benzene rings is 1. The van der Waals surface area contributed by atoms with Crippen LogP contribution in [-0.4, -0.2) is 51.1 Å². The molecule has 1 N–H and O–H groups in total. The smallest absolute Gasteiger partial charge is 0.338 e. The summed E-state index contributed by atoms with van der Waals surface area (Å²) in [6.45, 7) is 5.23. The van der Waals surface area contributed by atoms with Gasteiger partial charge in [0.2, 0.25) is 10.0 Å². The average molecular weight is 368 g/mol. The summed E-state index contributed by atoms with van der Waals surface area (Å²) in [5, 5.41) is 0. The Balaban J connectivity index is 1.94. The highest BCUT2D eigenvalue weighted by Crippen LogP contribution is 2.21. The van der Waals surface area contributed by atoms with Crippen LogP contribution in [0.4, 0.5) is 5.69 Å². The highest BCUT2D eigenvalue weighted by Gasteiger charge is 2.26. The maximum Gasteiger partial charge on any atom is 0.338 e. The van der Waals surface area contributed by atoms with Crippen LogP contribution in [0.1, 0.15) is 30.6 Å². The van der Waals surface area contributed by atoms with E-state index in [0.717, 1.165) is 12.7 Å². The zero-order chi connectivity index (χ0) is 18.6. The third-order valence-corrected chi connectivity index (χ3v) is 4.56. The van der Waals surface area contributed by atoms with Crippen molar-refractivity contribution in [2.24, 2.45) is 11.8 Å². The number of nitrogens with one attached hydrogen (secondary N) is 1. The summed E-state index contributed by atoms with van der Waals surface area (Å²) in [4.78, 5) is 26.1. The van der Waals surface area contributed by atoms with Crippen LogP contribution < -0.4 is 4.72 Å². The number of sulfonamides is 1. The van der Waals surface area contributed by atoms with Gasteiger partial charge in [0.05, 0.1) is 11.8 Å². The zero-order valence-corrected chi connectivity index (χ0v) is 15.5. The number of hydrogen-bond acceptors (Lipinski definition) is 5. The second-order valence-corrected chi connectivity index (χ2v) is 8.52. The third kappa shape index (κ3) is 6.04. The number of rotatable bonds is 5. The molecule has 0 radical (unpaired) electrons. The second kappa shape index (κ2) is 7.86. The van der Waals surface area contributed by atoms with Gasteiger partial charge < -0.3 is 9.64 Å². The standard InChI is InChI=1S/C17H24N2O5S/c1-12-7-13(2)10-19(9-12)16(20)11-24-17(21)14-5-4-6-15(8-14)18-25(3,22)23/h4-6,8,12-13,18H,7,9-11H2,1-3H3. The lowest BCUT2D eigenvalue weighted by molar-refractivity contribution is -0.137. The van der Waals surface area contributed by atoms with Gasteiger partial charge in [-0.25, -0.2) is 13.2 Å². The topological polar surface area (TPSA) is 92.8 Å². The van der Waals surface area contributed by atoms with Crippen molar-refractivity contribution in [3.8, 4) is 0 Å². The first-order valence-electron chi connectivity index (χ1n) is 8.17. The van der Waals surface area contributed by atoms with Crippen molar-refractivity contribution in [1.29, 1.82) is 0 Å². The number of amides is 1. The Kier molecular flexibility index (Phi) is 6.05. The molecular weight excluding hydrogens is 344 g/mol. The van der Waals surface area contributed by atoms with Crippen molar-refractivity contribution in [3.63, 3.8) is 0 Å². The minimum Gasteiger partial charge on any atom is -0.452 e. The molecule has 8 heteroatoms. The number of nitrogens with zero attached hydrogens (tertiary/aromatic N) is 1. The Morgan fingerprint density at radius 1 is 1.24 bits per heavy atom. The normalized spacial score (nSPS) is 20.8. The summed E-state index contributed by atoms with van der Waals surface area (Å²) in [6.07, 6.45) is 2.11. The maximum absolute atomic E-state index is 12.2. The van der Waals surface area contributed by atoms with E-state index >= 15 is 0 Å². The number of ether oxygens (including phenoxy) is 1. The highest BCUT2D eigenvalue weighted by atomic mass is 32.2. The molecule has 1 heterocycles. The fourth-order valence-electron chi connectivity index (χ4n) is 3.09. The fraction of sp³-hybridized carbons (Fsp3) is 0.529. The van der Waals surface area contributed by atoms with Gasteiger partial charge in [0.15, 0.2) is 6.61 Å². The molecule has 1 aliphatic rings. The van der Waals surface area contributed by atoms with E-state index in [1.54, 1.807) is 11.0 Å². The van der Waals surface area contributed by atoms with Gasteiger partial charge in [0, 0.05) is 18.8 Å². The molecule has 1 aromatic carbocycles. The zero-order valence-electron chi connectivity index (χ0n) is 14.7. The lowest BCUT2D eigenvalue weighted by Crippen LogP contribution is -2.44. The van der Waals surface area contributed by atoms with Gasteiger partial charge in [-0.15, -0.1) is 0 Å². The summed E-state index contributed by atoms with van der Waals surface area (Å²) in [5.41, 5.74) is 0.448. The van der Waals surface area contributed by atoms with Crippen LogP contribution in [0.3, 0.4) is 0 Å². The third-order valence-electron chi connectivity index (χ3n) is 3.95. The average Bonchev–Trinajstić information content (AvgIpc) is 2.50. The first-order valence-corrected chi connectivity index (χ1v) is 10.1. The van der Waals surface area contributed by atoms with E-state index in [1.165, 1.54) is 18.2 Å². The van der Waals surface area contributed by atoms with Crippen molar-refractivity contribution in [2.45, 2.75) is 20.3 Å². The van der Waals surface area contributed by atoms with Crippen molar-refractivity contribution in [2.75, 3.05) is 30.7 Å². The molecule has 1 amide bonds. The second-order valence-electron chi connectivity index (χ2n) is 6.78. The van der Waals surface area contributed by atoms with Crippen molar-refractivity contribution in [1.82, 2.24) is 4.90 Å². The molecular formula is C17H24N2O5S. The minimum absolute atomic E-state index is 0.182. The molecule has 0 aromatic heterocycles. The van der Waals surface area contributed by atoms with Gasteiger partial charge in [-0.2, -0.15) is 0 Å². The van der Waals surface area contributed by atoms with Crippen molar-refractivity contribution in [3.05, 3.63) is 29.8 Å². The van der Waals surface area contributed by atoms with E-state index in [9.17, 15) is 18.0 Å². The van der Waals surface area contributed by atoms with Crippen LogP contribution in [0.15, 0.2) is 24.3 Å². The number of piperidine rings is 1. The van der Waals surface area contributed by atoms with Crippen molar-refractivity contribution >= 4 is 27.6 Å².